The highest BCUT2D eigenvalue weighted by atomic mass is 16.5. The molecule has 1 atom stereocenters. The molecule has 0 N–H and O–H groups in total. The van der Waals surface area contributed by atoms with Crippen molar-refractivity contribution in [2.24, 2.45) is 0 Å². The van der Waals surface area contributed by atoms with Crippen LogP contribution in [0.4, 0.5) is 5.82 Å². The summed E-state index contributed by atoms with van der Waals surface area (Å²) in [5, 5.41) is 10.1. The number of anilines is 1. The molecule has 2 aromatic heterocycles. The van der Waals surface area contributed by atoms with Crippen molar-refractivity contribution >= 4 is 11.7 Å². The van der Waals surface area contributed by atoms with E-state index in [0.29, 0.717) is 62.0 Å². The SMILES string of the molecule is Cc1occc1C(=O)N1CCN(c2nc(-c3ccccc3)c3c(c2C#N)CCOC3)CC1C. The van der Waals surface area contributed by atoms with Gasteiger partial charge in [0.1, 0.15) is 17.6 Å². The highest BCUT2D eigenvalue weighted by Gasteiger charge is 2.33. The van der Waals surface area contributed by atoms with E-state index >= 15 is 0 Å². The van der Waals surface area contributed by atoms with E-state index in [2.05, 4.69) is 11.0 Å². The lowest BCUT2D eigenvalue weighted by molar-refractivity contribution is 0.0671. The first-order valence-corrected chi connectivity index (χ1v) is 11.3. The lowest BCUT2D eigenvalue weighted by atomic mass is 9.93. The molecule has 1 aromatic carbocycles. The number of hydrogen-bond acceptors (Lipinski definition) is 6. The number of pyridine rings is 1. The summed E-state index contributed by atoms with van der Waals surface area (Å²) in [6.07, 6.45) is 2.25. The molecule has 3 aromatic rings. The minimum atomic E-state index is -0.0339. The van der Waals surface area contributed by atoms with Gasteiger partial charge in [-0.1, -0.05) is 30.3 Å². The highest BCUT2D eigenvalue weighted by Crippen LogP contribution is 2.35. The van der Waals surface area contributed by atoms with Gasteiger partial charge in [0.25, 0.3) is 5.91 Å². The fraction of sp³-hybridized carbons (Fsp3) is 0.346. The van der Waals surface area contributed by atoms with Crippen LogP contribution in [0.3, 0.4) is 0 Å². The number of benzene rings is 1. The molecule has 5 rings (SSSR count). The number of hydrogen-bond donors (Lipinski definition) is 0. The van der Waals surface area contributed by atoms with Gasteiger partial charge in [-0.25, -0.2) is 4.98 Å². The smallest absolute Gasteiger partial charge is 0.257 e. The van der Waals surface area contributed by atoms with E-state index in [1.165, 1.54) is 0 Å². The third-order valence-corrected chi connectivity index (χ3v) is 6.57. The number of furan rings is 1. The Balaban J connectivity index is 1.50. The van der Waals surface area contributed by atoms with Crippen molar-refractivity contribution < 1.29 is 13.9 Å². The maximum absolute atomic E-state index is 13.1. The molecule has 1 amide bonds. The number of carbonyl (C=O) groups is 1. The number of rotatable bonds is 3. The fourth-order valence-electron chi connectivity index (χ4n) is 4.83. The molecule has 0 radical (unpaired) electrons. The van der Waals surface area contributed by atoms with E-state index in [1.807, 2.05) is 42.2 Å². The van der Waals surface area contributed by atoms with Gasteiger partial charge in [-0.15, -0.1) is 0 Å². The standard InChI is InChI=1S/C26H26N4O3/c1-17-15-29(10-11-30(17)26(31)20-9-13-33-18(20)2)25-22(14-27)21-8-12-32-16-23(21)24(28-25)19-6-4-3-5-7-19/h3-7,9,13,17H,8,10-12,15-16H2,1-2H3. The van der Waals surface area contributed by atoms with Gasteiger partial charge in [-0.2, -0.15) is 5.26 Å². The molecule has 4 heterocycles. The Labute approximate surface area is 193 Å². The van der Waals surface area contributed by atoms with E-state index in [9.17, 15) is 10.1 Å². The van der Waals surface area contributed by atoms with E-state index in [1.54, 1.807) is 19.3 Å². The topological polar surface area (TPSA) is 82.6 Å². The van der Waals surface area contributed by atoms with Crippen molar-refractivity contribution in [3.8, 4) is 17.3 Å². The van der Waals surface area contributed by atoms with Crippen LogP contribution < -0.4 is 4.90 Å². The van der Waals surface area contributed by atoms with Crippen molar-refractivity contribution in [3.63, 3.8) is 0 Å². The zero-order chi connectivity index (χ0) is 22.9. The lowest BCUT2D eigenvalue weighted by Crippen LogP contribution is -2.54. The molecule has 7 heteroatoms. The maximum Gasteiger partial charge on any atom is 0.257 e. The Kier molecular flexibility index (Phi) is 5.61. The average Bonchev–Trinajstić information content (AvgIpc) is 3.28. The van der Waals surface area contributed by atoms with Gasteiger partial charge < -0.3 is 19.0 Å². The van der Waals surface area contributed by atoms with E-state index in [4.69, 9.17) is 14.1 Å². The molecule has 0 saturated carbocycles. The number of carbonyl (C=O) groups excluding carboxylic acids is 1. The fourth-order valence-corrected chi connectivity index (χ4v) is 4.83. The van der Waals surface area contributed by atoms with Crippen LogP contribution in [0.5, 0.6) is 0 Å². The normalized spacial score (nSPS) is 18.0. The van der Waals surface area contributed by atoms with Crippen LogP contribution in [0.25, 0.3) is 11.3 Å². The van der Waals surface area contributed by atoms with Gasteiger partial charge in [-0.3, -0.25) is 4.79 Å². The van der Waals surface area contributed by atoms with Crippen molar-refractivity contribution in [1.82, 2.24) is 9.88 Å². The van der Waals surface area contributed by atoms with Crippen molar-refractivity contribution in [2.45, 2.75) is 32.9 Å². The number of nitriles is 1. The van der Waals surface area contributed by atoms with Crippen LogP contribution in [0, 0.1) is 18.3 Å². The van der Waals surface area contributed by atoms with Crippen LogP contribution in [-0.4, -0.2) is 48.1 Å². The third-order valence-electron chi connectivity index (χ3n) is 6.57. The van der Waals surface area contributed by atoms with Gasteiger partial charge in [0.15, 0.2) is 0 Å². The zero-order valence-electron chi connectivity index (χ0n) is 18.9. The van der Waals surface area contributed by atoms with Crippen LogP contribution >= 0.6 is 0 Å². The van der Waals surface area contributed by atoms with E-state index in [0.717, 1.165) is 22.4 Å². The third kappa shape index (κ3) is 3.77. The molecule has 2 aliphatic heterocycles. The van der Waals surface area contributed by atoms with Crippen molar-refractivity contribution in [3.05, 3.63) is 70.7 Å². The molecular formula is C26H26N4O3. The number of ether oxygens (including phenoxy) is 1. The second-order valence-corrected chi connectivity index (χ2v) is 8.58. The predicted octanol–water partition coefficient (Wildman–Crippen LogP) is 3.95. The number of fused-ring (bicyclic) bond motifs is 1. The summed E-state index contributed by atoms with van der Waals surface area (Å²) >= 11 is 0. The van der Waals surface area contributed by atoms with E-state index < -0.39 is 0 Å². The van der Waals surface area contributed by atoms with Crippen LogP contribution in [-0.2, 0) is 17.8 Å². The molecule has 0 bridgehead atoms. The van der Waals surface area contributed by atoms with Gasteiger partial charge in [0.2, 0.25) is 0 Å². The summed E-state index contributed by atoms with van der Waals surface area (Å²) in [5.74, 6) is 1.32. The molecule has 0 aliphatic carbocycles. The number of aromatic nitrogens is 1. The second-order valence-electron chi connectivity index (χ2n) is 8.58. The Morgan fingerprint density at radius 3 is 2.70 bits per heavy atom. The van der Waals surface area contributed by atoms with Gasteiger partial charge in [0, 0.05) is 36.8 Å². The molecule has 7 nitrogen and oxygen atoms in total. The molecule has 0 spiro atoms. The Morgan fingerprint density at radius 2 is 2.00 bits per heavy atom. The number of aryl methyl sites for hydroxylation is 1. The summed E-state index contributed by atoms with van der Waals surface area (Å²) < 4.78 is 11.1. The molecule has 168 valence electrons. The maximum atomic E-state index is 13.1. The second kappa shape index (κ2) is 8.72. The summed E-state index contributed by atoms with van der Waals surface area (Å²) in [5.41, 5.74) is 5.16. The first-order valence-electron chi connectivity index (χ1n) is 11.3. The summed E-state index contributed by atoms with van der Waals surface area (Å²) in [6, 6.07) is 14.2. The lowest BCUT2D eigenvalue weighted by Gasteiger charge is -2.41. The summed E-state index contributed by atoms with van der Waals surface area (Å²) in [7, 11) is 0. The Bertz CT molecular complexity index is 1230. The number of nitrogens with zero attached hydrogens (tertiary/aromatic N) is 4. The zero-order valence-corrected chi connectivity index (χ0v) is 18.9. The van der Waals surface area contributed by atoms with Crippen LogP contribution in [0.1, 0.15) is 39.7 Å². The van der Waals surface area contributed by atoms with Crippen LogP contribution in [0.2, 0.25) is 0 Å². The largest absolute Gasteiger partial charge is 0.469 e. The summed E-state index contributed by atoms with van der Waals surface area (Å²) in [6.45, 7) is 6.67. The quantitative estimate of drug-likeness (QED) is 0.611. The van der Waals surface area contributed by atoms with Crippen molar-refractivity contribution in [2.75, 3.05) is 31.1 Å². The average molecular weight is 443 g/mol. The van der Waals surface area contributed by atoms with Crippen LogP contribution in [0.15, 0.2) is 47.1 Å². The molecule has 1 saturated heterocycles. The highest BCUT2D eigenvalue weighted by molar-refractivity contribution is 5.95. The molecule has 33 heavy (non-hydrogen) atoms. The molecule has 2 aliphatic rings. The molecule has 1 unspecified atom stereocenters. The van der Waals surface area contributed by atoms with Gasteiger partial charge in [-0.05, 0) is 31.9 Å². The van der Waals surface area contributed by atoms with E-state index in [-0.39, 0.29) is 11.9 Å². The Hall–Kier alpha value is -3.63. The summed E-state index contributed by atoms with van der Waals surface area (Å²) in [4.78, 5) is 22.1. The van der Waals surface area contributed by atoms with Gasteiger partial charge >= 0.3 is 0 Å². The van der Waals surface area contributed by atoms with Gasteiger partial charge in [0.05, 0.1) is 36.3 Å². The first kappa shape index (κ1) is 21.2. The predicted molar refractivity (Wildman–Crippen MR) is 124 cm³/mol. The monoisotopic (exact) mass is 442 g/mol. The minimum absolute atomic E-state index is 0.0190. The Morgan fingerprint density at radius 1 is 1.18 bits per heavy atom. The van der Waals surface area contributed by atoms with Crippen molar-refractivity contribution in [1.29, 1.82) is 5.26 Å². The minimum Gasteiger partial charge on any atom is -0.469 e. The first-order chi connectivity index (χ1) is 16.1. The molecular weight excluding hydrogens is 416 g/mol. The number of amides is 1. The molecule has 1 fully saturated rings. The number of piperazine rings is 1.